The van der Waals surface area contributed by atoms with Crippen LogP contribution in [0.1, 0.15) is 12.5 Å². The van der Waals surface area contributed by atoms with Gasteiger partial charge in [-0.1, -0.05) is 6.07 Å². The van der Waals surface area contributed by atoms with E-state index in [4.69, 9.17) is 0 Å². The molecule has 0 amide bonds. The molecule has 0 aliphatic heterocycles. The molecule has 0 spiro atoms. The largest absolute Gasteiger partial charge is 0.384 e. The Bertz CT molecular complexity index is 748. The Kier molecular flexibility index (Phi) is 4.42. The average molecular weight is 309 g/mol. The second kappa shape index (κ2) is 6.09. The monoisotopic (exact) mass is 309 g/mol. The minimum absolute atomic E-state index is 0.0236. The predicted octanol–water partition coefficient (Wildman–Crippen LogP) is 2.76. The molecule has 0 saturated heterocycles. The number of hydrogen-bond donors (Lipinski definition) is 2. The second-order valence-corrected chi connectivity index (χ2v) is 6.12. The van der Waals surface area contributed by atoms with Crippen molar-refractivity contribution in [2.24, 2.45) is 0 Å². The van der Waals surface area contributed by atoms with E-state index < -0.39 is 15.8 Å². The molecule has 0 aliphatic carbocycles. The fourth-order valence-corrected chi connectivity index (χ4v) is 3.08. The summed E-state index contributed by atoms with van der Waals surface area (Å²) in [6.07, 6.45) is 2.76. The summed E-state index contributed by atoms with van der Waals surface area (Å²) in [4.78, 5) is 3.87. The van der Waals surface area contributed by atoms with E-state index in [-0.39, 0.29) is 10.6 Å². The molecule has 0 fully saturated rings. The van der Waals surface area contributed by atoms with Crippen LogP contribution in [0.15, 0.2) is 41.6 Å². The van der Waals surface area contributed by atoms with Gasteiger partial charge in [-0.3, -0.25) is 9.71 Å². The van der Waals surface area contributed by atoms with Gasteiger partial charge in [0, 0.05) is 18.9 Å². The first-order valence-electron chi connectivity index (χ1n) is 6.41. The number of halogens is 1. The SMILES string of the molecule is CCNc1ccncc1S(=O)(=O)Nc1cc(F)ccc1C. The van der Waals surface area contributed by atoms with Crippen LogP contribution in [-0.2, 0) is 10.0 Å². The van der Waals surface area contributed by atoms with E-state index in [9.17, 15) is 12.8 Å². The number of pyridine rings is 1. The zero-order valence-electron chi connectivity index (χ0n) is 11.7. The molecule has 2 rings (SSSR count). The number of nitrogens with one attached hydrogen (secondary N) is 2. The third-order valence-corrected chi connectivity index (χ3v) is 4.28. The Labute approximate surface area is 123 Å². The van der Waals surface area contributed by atoms with E-state index in [1.165, 1.54) is 24.5 Å². The van der Waals surface area contributed by atoms with E-state index >= 15 is 0 Å². The average Bonchev–Trinajstić information content (AvgIpc) is 2.43. The van der Waals surface area contributed by atoms with Gasteiger partial charge in [0.05, 0.1) is 11.4 Å². The van der Waals surface area contributed by atoms with Crippen LogP contribution in [0.3, 0.4) is 0 Å². The highest BCUT2D eigenvalue weighted by Gasteiger charge is 2.19. The number of benzene rings is 1. The lowest BCUT2D eigenvalue weighted by Gasteiger charge is -2.13. The molecule has 21 heavy (non-hydrogen) atoms. The van der Waals surface area contributed by atoms with Gasteiger partial charge in [-0.05, 0) is 37.6 Å². The maximum Gasteiger partial charge on any atom is 0.265 e. The summed E-state index contributed by atoms with van der Waals surface area (Å²) in [5.41, 5.74) is 1.30. The normalized spacial score (nSPS) is 11.2. The van der Waals surface area contributed by atoms with Crippen molar-refractivity contribution in [3.05, 3.63) is 48.0 Å². The van der Waals surface area contributed by atoms with E-state index in [2.05, 4.69) is 15.0 Å². The Balaban J connectivity index is 2.41. The molecular formula is C14H16FN3O2S. The molecule has 0 radical (unpaired) electrons. The Morgan fingerprint density at radius 2 is 2.00 bits per heavy atom. The standard InChI is InChI=1S/C14H16FN3O2S/c1-3-17-12-6-7-16-9-14(12)21(19,20)18-13-8-11(15)5-4-10(13)2/h4-9,18H,3H2,1-2H3,(H,16,17). The van der Waals surface area contributed by atoms with Crippen LogP contribution in [0.5, 0.6) is 0 Å². The van der Waals surface area contributed by atoms with Gasteiger partial charge in [-0.2, -0.15) is 0 Å². The first-order valence-corrected chi connectivity index (χ1v) is 7.89. The number of nitrogens with zero attached hydrogens (tertiary/aromatic N) is 1. The summed E-state index contributed by atoms with van der Waals surface area (Å²) in [5.74, 6) is -0.503. The van der Waals surface area contributed by atoms with Crippen LogP contribution in [0.2, 0.25) is 0 Å². The topological polar surface area (TPSA) is 71.1 Å². The van der Waals surface area contributed by atoms with Crippen LogP contribution < -0.4 is 10.0 Å². The molecule has 2 N–H and O–H groups in total. The van der Waals surface area contributed by atoms with Gasteiger partial charge in [0.2, 0.25) is 0 Å². The molecule has 5 nitrogen and oxygen atoms in total. The van der Waals surface area contributed by atoms with E-state index in [1.54, 1.807) is 13.0 Å². The summed E-state index contributed by atoms with van der Waals surface area (Å²) in [5, 5.41) is 2.96. The molecule has 1 aromatic heterocycles. The highest BCUT2D eigenvalue weighted by molar-refractivity contribution is 7.92. The fraction of sp³-hybridized carbons (Fsp3) is 0.214. The van der Waals surface area contributed by atoms with Crippen molar-refractivity contribution in [1.82, 2.24) is 4.98 Å². The molecule has 112 valence electrons. The second-order valence-electron chi connectivity index (χ2n) is 4.47. The Morgan fingerprint density at radius 1 is 1.24 bits per heavy atom. The third kappa shape index (κ3) is 3.49. The van der Waals surface area contributed by atoms with Crippen molar-refractivity contribution >= 4 is 21.4 Å². The minimum atomic E-state index is -3.85. The first kappa shape index (κ1) is 15.2. The van der Waals surface area contributed by atoms with Gasteiger partial charge in [-0.25, -0.2) is 12.8 Å². The molecule has 0 bridgehead atoms. The lowest BCUT2D eigenvalue weighted by Crippen LogP contribution is -2.16. The zero-order valence-corrected chi connectivity index (χ0v) is 12.5. The number of anilines is 2. The van der Waals surface area contributed by atoms with Crippen molar-refractivity contribution in [1.29, 1.82) is 0 Å². The lowest BCUT2D eigenvalue weighted by molar-refractivity contribution is 0.601. The molecule has 0 saturated carbocycles. The fourth-order valence-electron chi connectivity index (χ4n) is 1.83. The van der Waals surface area contributed by atoms with Crippen molar-refractivity contribution < 1.29 is 12.8 Å². The third-order valence-electron chi connectivity index (χ3n) is 2.89. The predicted molar refractivity (Wildman–Crippen MR) is 80.3 cm³/mol. The molecule has 7 heteroatoms. The smallest absolute Gasteiger partial charge is 0.265 e. The van der Waals surface area contributed by atoms with Crippen LogP contribution in [0.4, 0.5) is 15.8 Å². The van der Waals surface area contributed by atoms with Crippen LogP contribution >= 0.6 is 0 Å². The number of aromatic nitrogens is 1. The maximum atomic E-state index is 13.3. The summed E-state index contributed by atoms with van der Waals surface area (Å²) < 4.78 is 40.6. The first-order chi connectivity index (χ1) is 9.94. The minimum Gasteiger partial charge on any atom is -0.384 e. The summed E-state index contributed by atoms with van der Waals surface area (Å²) in [7, 11) is -3.85. The van der Waals surface area contributed by atoms with E-state index in [1.807, 2.05) is 6.92 Å². The number of aryl methyl sites for hydroxylation is 1. The van der Waals surface area contributed by atoms with Gasteiger partial charge in [0.1, 0.15) is 10.7 Å². The van der Waals surface area contributed by atoms with Crippen LogP contribution in [-0.4, -0.2) is 19.9 Å². The van der Waals surface area contributed by atoms with Gasteiger partial charge in [-0.15, -0.1) is 0 Å². The zero-order chi connectivity index (χ0) is 15.5. The van der Waals surface area contributed by atoms with E-state index in [0.29, 0.717) is 17.8 Å². The molecule has 0 unspecified atom stereocenters. The van der Waals surface area contributed by atoms with Crippen LogP contribution in [0.25, 0.3) is 0 Å². The Morgan fingerprint density at radius 3 is 2.71 bits per heavy atom. The molecule has 0 aliphatic rings. The summed E-state index contributed by atoms with van der Waals surface area (Å²) in [6, 6.07) is 5.52. The number of rotatable bonds is 5. The van der Waals surface area contributed by atoms with Crippen LogP contribution in [0, 0.1) is 12.7 Å². The molecule has 0 atom stereocenters. The molecule has 1 aromatic carbocycles. The van der Waals surface area contributed by atoms with Crippen molar-refractivity contribution in [3.8, 4) is 0 Å². The quantitative estimate of drug-likeness (QED) is 0.891. The van der Waals surface area contributed by atoms with Crippen molar-refractivity contribution in [2.75, 3.05) is 16.6 Å². The highest BCUT2D eigenvalue weighted by Crippen LogP contribution is 2.24. The number of sulfonamides is 1. The van der Waals surface area contributed by atoms with Crippen molar-refractivity contribution in [3.63, 3.8) is 0 Å². The van der Waals surface area contributed by atoms with Gasteiger partial charge < -0.3 is 5.32 Å². The lowest BCUT2D eigenvalue weighted by atomic mass is 10.2. The van der Waals surface area contributed by atoms with Gasteiger partial charge >= 0.3 is 0 Å². The van der Waals surface area contributed by atoms with Crippen molar-refractivity contribution in [2.45, 2.75) is 18.7 Å². The Hall–Kier alpha value is -2.15. The maximum absolute atomic E-state index is 13.3. The van der Waals surface area contributed by atoms with Gasteiger partial charge in [0.15, 0.2) is 0 Å². The molecular weight excluding hydrogens is 293 g/mol. The highest BCUT2D eigenvalue weighted by atomic mass is 32.2. The summed E-state index contributed by atoms with van der Waals surface area (Å²) >= 11 is 0. The summed E-state index contributed by atoms with van der Waals surface area (Å²) in [6.45, 7) is 4.14. The molecule has 1 heterocycles. The van der Waals surface area contributed by atoms with E-state index in [0.717, 1.165) is 6.07 Å². The van der Waals surface area contributed by atoms with Gasteiger partial charge in [0.25, 0.3) is 10.0 Å². The number of hydrogen-bond acceptors (Lipinski definition) is 4. The molecule has 2 aromatic rings.